The van der Waals surface area contributed by atoms with Crippen molar-refractivity contribution in [3.8, 4) is 0 Å². The molecule has 1 aliphatic rings. The van der Waals surface area contributed by atoms with E-state index in [9.17, 15) is 0 Å². The van der Waals surface area contributed by atoms with E-state index < -0.39 is 0 Å². The number of aryl methyl sites for hydroxylation is 1. The third kappa shape index (κ3) is 2.72. The van der Waals surface area contributed by atoms with E-state index in [1.807, 2.05) is 4.68 Å². The van der Waals surface area contributed by atoms with Crippen molar-refractivity contribution in [2.75, 3.05) is 0 Å². The Hall–Kier alpha value is -0.540. The van der Waals surface area contributed by atoms with Crippen LogP contribution in [-0.2, 0) is 6.54 Å². The molecule has 0 aliphatic heterocycles. The van der Waals surface area contributed by atoms with Crippen LogP contribution >= 0.6 is 11.6 Å². The van der Waals surface area contributed by atoms with Gasteiger partial charge < -0.3 is 5.73 Å². The third-order valence-electron chi connectivity index (χ3n) is 4.43. The molecule has 0 radical (unpaired) electrons. The molecular weight excluding hydrogens is 246 g/mol. The van der Waals surface area contributed by atoms with E-state index in [1.165, 1.54) is 32.1 Å². The lowest BCUT2D eigenvalue weighted by Gasteiger charge is -2.32. The highest BCUT2D eigenvalue weighted by Gasteiger charge is 2.28. The molecule has 2 N–H and O–H groups in total. The van der Waals surface area contributed by atoms with Crippen LogP contribution in [0.15, 0.2) is 6.20 Å². The summed E-state index contributed by atoms with van der Waals surface area (Å²) in [5.74, 6) is 1.47. The lowest BCUT2D eigenvalue weighted by Crippen LogP contribution is -2.28. The number of hydrogen-bond acceptors (Lipinski definition) is 2. The number of aromatic nitrogens is 2. The van der Waals surface area contributed by atoms with Gasteiger partial charge in [0, 0.05) is 6.54 Å². The van der Waals surface area contributed by atoms with Crippen LogP contribution in [0.25, 0.3) is 0 Å². The van der Waals surface area contributed by atoms with Crippen LogP contribution in [0.3, 0.4) is 0 Å². The maximum Gasteiger partial charge on any atom is 0.0834 e. The minimum Gasteiger partial charge on any atom is -0.322 e. The van der Waals surface area contributed by atoms with Crippen molar-refractivity contribution in [1.29, 1.82) is 0 Å². The Bertz CT molecular complexity index is 380. The summed E-state index contributed by atoms with van der Waals surface area (Å²) < 4.78 is 1.94. The van der Waals surface area contributed by atoms with Crippen molar-refractivity contribution in [3.63, 3.8) is 0 Å². The number of nitrogens with zero attached hydrogens (tertiary/aromatic N) is 2. The van der Waals surface area contributed by atoms with Crippen molar-refractivity contribution < 1.29 is 0 Å². The van der Waals surface area contributed by atoms with Gasteiger partial charge in [-0.1, -0.05) is 37.8 Å². The Morgan fingerprint density at radius 3 is 2.61 bits per heavy atom. The summed E-state index contributed by atoms with van der Waals surface area (Å²) in [5.41, 5.74) is 7.46. The highest BCUT2D eigenvalue weighted by molar-refractivity contribution is 6.31. The van der Waals surface area contributed by atoms with Crippen LogP contribution in [0.5, 0.6) is 0 Å². The number of rotatable bonds is 4. The van der Waals surface area contributed by atoms with Gasteiger partial charge in [0.05, 0.1) is 23.0 Å². The van der Waals surface area contributed by atoms with Crippen molar-refractivity contribution >= 4 is 11.6 Å². The first kappa shape index (κ1) is 13.9. The van der Waals surface area contributed by atoms with Gasteiger partial charge in [-0.05, 0) is 31.6 Å². The number of hydrogen-bond donors (Lipinski definition) is 1. The number of halogens is 1. The summed E-state index contributed by atoms with van der Waals surface area (Å²) in [6.07, 6.45) is 8.10. The van der Waals surface area contributed by atoms with Gasteiger partial charge in [-0.15, -0.1) is 0 Å². The minimum atomic E-state index is 0.0396. The SMILES string of the molecule is CCC1CCC(C(N)c2c(Cl)cnn2CC)CC1. The first-order valence-corrected chi connectivity index (χ1v) is 7.51. The van der Waals surface area contributed by atoms with E-state index in [0.717, 1.165) is 23.2 Å². The van der Waals surface area contributed by atoms with E-state index in [-0.39, 0.29) is 6.04 Å². The summed E-state index contributed by atoms with van der Waals surface area (Å²) >= 11 is 6.23. The molecule has 0 saturated heterocycles. The zero-order chi connectivity index (χ0) is 13.1. The second kappa shape index (κ2) is 6.07. The zero-order valence-electron chi connectivity index (χ0n) is 11.4. The normalized spacial score (nSPS) is 26.2. The molecule has 4 heteroatoms. The van der Waals surface area contributed by atoms with Gasteiger partial charge in [0.15, 0.2) is 0 Å². The molecule has 1 fully saturated rings. The molecule has 1 saturated carbocycles. The van der Waals surface area contributed by atoms with E-state index in [1.54, 1.807) is 6.20 Å². The average Bonchev–Trinajstić information content (AvgIpc) is 2.79. The lowest BCUT2D eigenvalue weighted by atomic mass is 9.77. The highest BCUT2D eigenvalue weighted by atomic mass is 35.5. The molecular formula is C14H24ClN3. The predicted octanol–water partition coefficient (Wildman–Crippen LogP) is 3.77. The van der Waals surface area contributed by atoms with Crippen LogP contribution in [0.1, 0.15) is 57.7 Å². The van der Waals surface area contributed by atoms with Gasteiger partial charge in [-0.3, -0.25) is 4.68 Å². The predicted molar refractivity (Wildman–Crippen MR) is 75.6 cm³/mol. The molecule has 2 rings (SSSR count). The van der Waals surface area contributed by atoms with Crippen LogP contribution < -0.4 is 5.73 Å². The smallest absolute Gasteiger partial charge is 0.0834 e. The zero-order valence-corrected chi connectivity index (χ0v) is 12.2. The largest absolute Gasteiger partial charge is 0.322 e. The summed E-state index contributed by atoms with van der Waals surface area (Å²) in [7, 11) is 0. The first-order chi connectivity index (χ1) is 8.67. The summed E-state index contributed by atoms with van der Waals surface area (Å²) in [6, 6.07) is 0.0396. The average molecular weight is 270 g/mol. The molecule has 18 heavy (non-hydrogen) atoms. The summed E-state index contributed by atoms with van der Waals surface area (Å²) in [5, 5.41) is 5.01. The van der Waals surface area contributed by atoms with E-state index in [0.29, 0.717) is 5.92 Å². The fourth-order valence-corrected chi connectivity index (χ4v) is 3.40. The van der Waals surface area contributed by atoms with Crippen molar-refractivity contribution in [2.45, 2.75) is 58.5 Å². The van der Waals surface area contributed by atoms with E-state index in [4.69, 9.17) is 17.3 Å². The molecule has 1 unspecified atom stereocenters. The standard InChI is InChI=1S/C14H24ClN3/c1-3-10-5-7-11(8-6-10)13(16)14-12(15)9-17-18(14)4-2/h9-11,13H,3-8,16H2,1-2H3. The Labute approximate surface area is 115 Å². The molecule has 0 bridgehead atoms. The van der Waals surface area contributed by atoms with Crippen LogP contribution in [0.4, 0.5) is 0 Å². The Balaban J connectivity index is 2.07. The third-order valence-corrected chi connectivity index (χ3v) is 4.72. The monoisotopic (exact) mass is 269 g/mol. The van der Waals surface area contributed by atoms with Gasteiger partial charge in [0.2, 0.25) is 0 Å². The Morgan fingerprint density at radius 2 is 2.06 bits per heavy atom. The molecule has 1 aromatic rings. The summed E-state index contributed by atoms with van der Waals surface area (Å²) in [6.45, 7) is 5.20. The second-order valence-electron chi connectivity index (χ2n) is 5.41. The highest BCUT2D eigenvalue weighted by Crippen LogP contribution is 2.38. The Morgan fingerprint density at radius 1 is 1.39 bits per heavy atom. The quantitative estimate of drug-likeness (QED) is 0.904. The van der Waals surface area contributed by atoms with Crippen LogP contribution in [0.2, 0.25) is 5.02 Å². The topological polar surface area (TPSA) is 43.8 Å². The van der Waals surface area contributed by atoms with E-state index in [2.05, 4.69) is 18.9 Å². The van der Waals surface area contributed by atoms with E-state index >= 15 is 0 Å². The molecule has 3 nitrogen and oxygen atoms in total. The number of nitrogens with two attached hydrogens (primary N) is 1. The maximum atomic E-state index is 6.43. The molecule has 1 atom stereocenters. The van der Waals surface area contributed by atoms with Gasteiger partial charge >= 0.3 is 0 Å². The fraction of sp³-hybridized carbons (Fsp3) is 0.786. The van der Waals surface area contributed by atoms with Gasteiger partial charge in [-0.25, -0.2) is 0 Å². The van der Waals surface area contributed by atoms with Gasteiger partial charge in [0.25, 0.3) is 0 Å². The van der Waals surface area contributed by atoms with Crippen LogP contribution in [0, 0.1) is 11.8 Å². The molecule has 1 aliphatic carbocycles. The molecule has 0 amide bonds. The fourth-order valence-electron chi connectivity index (χ4n) is 3.13. The molecule has 1 heterocycles. The summed E-state index contributed by atoms with van der Waals surface area (Å²) in [4.78, 5) is 0. The maximum absolute atomic E-state index is 6.43. The van der Waals surface area contributed by atoms with Crippen LogP contribution in [-0.4, -0.2) is 9.78 Å². The Kier molecular flexibility index (Phi) is 4.68. The minimum absolute atomic E-state index is 0.0396. The van der Waals surface area contributed by atoms with Gasteiger partial charge in [-0.2, -0.15) is 5.10 Å². The molecule has 0 spiro atoms. The molecule has 1 aromatic heterocycles. The second-order valence-corrected chi connectivity index (χ2v) is 5.82. The first-order valence-electron chi connectivity index (χ1n) is 7.14. The molecule has 0 aromatic carbocycles. The molecule has 102 valence electrons. The lowest BCUT2D eigenvalue weighted by molar-refractivity contribution is 0.235. The van der Waals surface area contributed by atoms with Crippen molar-refractivity contribution in [1.82, 2.24) is 9.78 Å². The van der Waals surface area contributed by atoms with Crippen molar-refractivity contribution in [3.05, 3.63) is 16.9 Å². The van der Waals surface area contributed by atoms with Crippen molar-refractivity contribution in [2.24, 2.45) is 17.6 Å². The van der Waals surface area contributed by atoms with Gasteiger partial charge in [0.1, 0.15) is 0 Å².